The van der Waals surface area contributed by atoms with Crippen LogP contribution in [-0.4, -0.2) is 59.6 Å². The molecule has 0 bridgehead atoms. The van der Waals surface area contributed by atoms with E-state index >= 15 is 4.39 Å². The summed E-state index contributed by atoms with van der Waals surface area (Å²) in [5.74, 6) is -3.53. The van der Waals surface area contributed by atoms with Gasteiger partial charge in [0.1, 0.15) is 6.54 Å². The van der Waals surface area contributed by atoms with E-state index in [9.17, 15) is 27.2 Å². The molecule has 0 N–H and O–H groups in total. The summed E-state index contributed by atoms with van der Waals surface area (Å²) in [5, 5.41) is -0.994. The molecule has 1 aliphatic rings. The van der Waals surface area contributed by atoms with E-state index in [1.807, 2.05) is 4.90 Å². The van der Waals surface area contributed by atoms with Gasteiger partial charge in [0, 0.05) is 64.7 Å². The molecule has 1 amide bonds. The lowest BCUT2D eigenvalue weighted by molar-refractivity contribution is -0.137. The van der Waals surface area contributed by atoms with E-state index in [1.54, 1.807) is 24.3 Å². The molecule has 0 aliphatic carbocycles. The number of carbonyl (C=O) groups is 1. The van der Waals surface area contributed by atoms with Crippen LogP contribution in [0.2, 0.25) is 0 Å². The fraction of sp³-hybridized carbons (Fsp3) is 0.317. The minimum Gasteiger partial charge on any atom is -0.383 e. The maximum Gasteiger partial charge on any atom is 0.416 e. The van der Waals surface area contributed by atoms with Gasteiger partial charge in [-0.05, 0) is 66.7 Å². The molecule has 4 aromatic carbocycles. The quantitative estimate of drug-likeness (QED) is 0.0942. The molecule has 0 unspecified atom stereocenters. The number of likely N-dealkylation sites (tertiary alicyclic amines) is 1. The lowest BCUT2D eigenvalue weighted by atomic mass is 10.00. The number of ether oxygens (including phenoxy) is 1. The molecule has 53 heavy (non-hydrogen) atoms. The monoisotopic (exact) mass is 758 g/mol. The molecule has 0 atom stereocenters. The Labute approximate surface area is 321 Å². The van der Waals surface area contributed by atoms with Crippen molar-refractivity contribution >= 4 is 28.6 Å². The highest BCUT2D eigenvalue weighted by molar-refractivity contribution is 7.98. The molecule has 1 aliphatic heterocycles. The van der Waals surface area contributed by atoms with Crippen LogP contribution in [0.3, 0.4) is 0 Å². The summed E-state index contributed by atoms with van der Waals surface area (Å²) in [4.78, 5) is 32.2. The molecule has 6 rings (SSSR count). The van der Waals surface area contributed by atoms with Crippen LogP contribution in [0, 0.1) is 18.6 Å². The minimum absolute atomic E-state index is 0.0388. The predicted molar refractivity (Wildman–Crippen MR) is 198 cm³/mol. The van der Waals surface area contributed by atoms with Gasteiger partial charge in [0.15, 0.2) is 17.1 Å². The van der Waals surface area contributed by atoms with Crippen LogP contribution < -0.4 is 5.43 Å². The summed E-state index contributed by atoms with van der Waals surface area (Å²) in [7, 11) is -2.57. The molecule has 1 fully saturated rings. The fourth-order valence-electron chi connectivity index (χ4n) is 6.23. The van der Waals surface area contributed by atoms with E-state index in [-0.39, 0.29) is 30.5 Å². The number of hydrogen-bond donors (Lipinski definition) is 0. The Morgan fingerprint density at radius 3 is 2.40 bits per heavy atom. The first-order valence-electron chi connectivity index (χ1n) is 21.2. The number of thioether (sulfide) groups is 1. The van der Waals surface area contributed by atoms with Gasteiger partial charge in [0.25, 0.3) is 0 Å². The SMILES string of the molecule is [2H]c1c(C)c([2H])c2c(=O)c([2H])c(SC([2H])([2H])c3cccc(F)c3F)n(CC(=O)N(Cc3ccc(-c4ccc(C(F)(F)F)cc4)cc3)C3CCN(CCOC([2H])([2H])[2H])CC3)c2c1[2H]. The summed E-state index contributed by atoms with van der Waals surface area (Å²) in [6.07, 6.45) is -3.74. The molecular weight excluding hydrogens is 710 g/mol. The Bertz CT molecular complexity index is 2530. The van der Waals surface area contributed by atoms with Crippen LogP contribution in [0.25, 0.3) is 22.0 Å². The van der Waals surface area contributed by atoms with Crippen molar-refractivity contribution < 1.29 is 43.8 Å². The Hall–Kier alpha value is -4.52. The van der Waals surface area contributed by atoms with E-state index in [4.69, 9.17) is 17.1 Å². The maximum absolute atomic E-state index is 15.0. The molecule has 5 aromatic rings. The van der Waals surface area contributed by atoms with Gasteiger partial charge in [0.2, 0.25) is 5.91 Å². The third kappa shape index (κ3) is 9.17. The predicted octanol–water partition coefficient (Wildman–Crippen LogP) is 8.71. The Balaban J connectivity index is 1.41. The lowest BCUT2D eigenvalue weighted by Crippen LogP contribution is -2.48. The van der Waals surface area contributed by atoms with Crippen molar-refractivity contribution in [1.82, 2.24) is 14.4 Å². The van der Waals surface area contributed by atoms with Crippen molar-refractivity contribution in [2.45, 2.75) is 55.8 Å². The van der Waals surface area contributed by atoms with Gasteiger partial charge in [-0.15, -0.1) is 11.8 Å². The number of aromatic nitrogens is 1. The Morgan fingerprint density at radius 2 is 1.72 bits per heavy atom. The average molecular weight is 759 g/mol. The number of nitrogens with zero attached hydrogens (tertiary/aromatic N) is 3. The summed E-state index contributed by atoms with van der Waals surface area (Å²) in [6, 6.07) is 11.3. The molecule has 1 saturated heterocycles. The normalized spacial score (nSPS) is 17.1. The zero-order valence-electron chi connectivity index (χ0n) is 37.4. The number of benzene rings is 4. The first-order chi connectivity index (χ1) is 29.0. The molecule has 0 saturated carbocycles. The van der Waals surface area contributed by atoms with E-state index in [0.717, 1.165) is 34.9 Å². The van der Waals surface area contributed by atoms with Gasteiger partial charge >= 0.3 is 6.18 Å². The van der Waals surface area contributed by atoms with E-state index in [2.05, 4.69) is 0 Å². The van der Waals surface area contributed by atoms with E-state index < -0.39 is 106 Å². The maximum atomic E-state index is 15.0. The third-order valence-electron chi connectivity index (χ3n) is 9.06. The number of fused-ring (bicyclic) bond motifs is 1. The zero-order chi connectivity index (χ0) is 45.5. The first-order valence-corrected chi connectivity index (χ1v) is 17.5. The summed E-state index contributed by atoms with van der Waals surface area (Å²) >= 11 is 0.138. The van der Waals surface area contributed by atoms with Crippen LogP contribution in [-0.2, 0) is 34.5 Å². The van der Waals surface area contributed by atoms with Crippen molar-refractivity contribution in [3.63, 3.8) is 0 Å². The van der Waals surface area contributed by atoms with Crippen molar-refractivity contribution in [3.05, 3.63) is 135 Å². The standard InChI is InChI=1S/C41H40F5N3O3S/c1-27-6-15-36-34(22-27)37(50)23-39(53-26-31-4-3-5-35(42)40(31)43)49(36)25-38(51)48(33-16-18-47(19-17-33)20-21-52-2)24-28-7-9-29(10-8-28)30-11-13-32(14-12-30)41(44,45)46/h3-15,22-23,33H,16-21,24-26H2,1-2H3/i2D3,6D,15D,22D,23D,26D2. The molecule has 6 nitrogen and oxygen atoms in total. The van der Waals surface area contributed by atoms with E-state index in [1.165, 1.54) is 24.0 Å². The van der Waals surface area contributed by atoms with Crippen molar-refractivity contribution in [3.8, 4) is 11.1 Å². The van der Waals surface area contributed by atoms with Gasteiger partial charge < -0.3 is 19.1 Å². The summed E-state index contributed by atoms with van der Waals surface area (Å²) in [6.45, 7) is 1.63. The van der Waals surface area contributed by atoms with Gasteiger partial charge in [-0.1, -0.05) is 60.1 Å². The zero-order valence-corrected chi connectivity index (χ0v) is 29.3. The number of halogens is 5. The topological polar surface area (TPSA) is 54.8 Å². The Kier molecular flexibility index (Phi) is 8.80. The molecule has 12 heteroatoms. The second kappa shape index (κ2) is 16.7. The minimum atomic E-state index is -4.51. The average Bonchev–Trinajstić information content (AvgIpc) is 3.21. The largest absolute Gasteiger partial charge is 0.416 e. The van der Waals surface area contributed by atoms with Crippen molar-refractivity contribution in [1.29, 1.82) is 0 Å². The fourth-order valence-corrected chi connectivity index (χ4v) is 7.01. The number of rotatable bonds is 12. The number of carbonyl (C=O) groups excluding carboxylic acids is 1. The molecule has 1 aromatic heterocycles. The first kappa shape index (κ1) is 28.0. The van der Waals surface area contributed by atoms with Gasteiger partial charge in [-0.25, -0.2) is 8.78 Å². The third-order valence-corrected chi connectivity index (χ3v) is 9.90. The number of amides is 1. The number of pyridine rings is 1. The highest BCUT2D eigenvalue weighted by atomic mass is 32.2. The second-order valence-electron chi connectivity index (χ2n) is 12.6. The Morgan fingerprint density at radius 1 is 1.02 bits per heavy atom. The molecule has 2 heterocycles. The number of piperidine rings is 1. The molecule has 278 valence electrons. The number of hydrogen-bond acceptors (Lipinski definition) is 5. The van der Waals surface area contributed by atoms with Crippen LogP contribution >= 0.6 is 11.8 Å². The van der Waals surface area contributed by atoms with Crippen molar-refractivity contribution in [2.24, 2.45) is 0 Å². The summed E-state index contributed by atoms with van der Waals surface area (Å²) < 4.78 is 150. The number of methoxy groups -OCH3 is 1. The van der Waals surface area contributed by atoms with Crippen LogP contribution in [0.15, 0.2) is 101 Å². The summed E-state index contributed by atoms with van der Waals surface area (Å²) in [5.41, 5.74) is -4.27. The van der Waals surface area contributed by atoms with Crippen molar-refractivity contribution in [2.75, 3.05) is 33.3 Å². The van der Waals surface area contributed by atoms with E-state index in [0.29, 0.717) is 49.2 Å². The van der Waals surface area contributed by atoms with Crippen LogP contribution in [0.1, 0.15) is 47.4 Å². The highest BCUT2D eigenvalue weighted by Crippen LogP contribution is 2.32. The highest BCUT2D eigenvalue weighted by Gasteiger charge is 2.31. The molecule has 0 spiro atoms. The second-order valence-corrected chi connectivity index (χ2v) is 13.4. The van der Waals surface area contributed by atoms with Crippen LogP contribution in [0.4, 0.5) is 22.0 Å². The van der Waals surface area contributed by atoms with Gasteiger partial charge in [-0.3, -0.25) is 9.59 Å². The number of alkyl halides is 3. The molecule has 0 radical (unpaired) electrons. The van der Waals surface area contributed by atoms with Gasteiger partial charge in [-0.2, -0.15) is 13.2 Å². The smallest absolute Gasteiger partial charge is 0.383 e. The lowest BCUT2D eigenvalue weighted by Gasteiger charge is -2.39. The van der Waals surface area contributed by atoms with Gasteiger partial charge in [0.05, 0.1) is 32.3 Å². The molecular formula is C41H40F5N3O3S. The van der Waals surface area contributed by atoms with Crippen LogP contribution in [0.5, 0.6) is 0 Å².